The van der Waals surface area contributed by atoms with Gasteiger partial charge in [-0.25, -0.2) is 8.78 Å². The fraction of sp³-hybridized carbons (Fsp3) is 0.677. The Hall–Kier alpha value is -2.72. The van der Waals surface area contributed by atoms with E-state index in [0.29, 0.717) is 12.8 Å². The van der Waals surface area contributed by atoms with Crippen molar-refractivity contribution < 1.29 is 38.2 Å². The van der Waals surface area contributed by atoms with Crippen LogP contribution in [0.5, 0.6) is 0 Å². The summed E-state index contributed by atoms with van der Waals surface area (Å²) in [6.45, 7) is 13.3. The van der Waals surface area contributed by atoms with E-state index in [1.165, 1.54) is 0 Å². The Morgan fingerprint density at radius 1 is 0.854 bits per heavy atom. The summed E-state index contributed by atoms with van der Waals surface area (Å²) >= 11 is 0. The van der Waals surface area contributed by atoms with Gasteiger partial charge in [-0.3, -0.25) is 19.2 Å². The zero-order valence-corrected chi connectivity index (χ0v) is 25.7. The van der Waals surface area contributed by atoms with Crippen molar-refractivity contribution in [3.05, 3.63) is 35.4 Å². The minimum Gasteiger partial charge on any atom is -0.394 e. The van der Waals surface area contributed by atoms with Crippen molar-refractivity contribution in [2.75, 3.05) is 6.61 Å². The van der Waals surface area contributed by atoms with E-state index in [1.807, 2.05) is 13.8 Å². The van der Waals surface area contributed by atoms with E-state index in [2.05, 4.69) is 10.6 Å². The summed E-state index contributed by atoms with van der Waals surface area (Å²) in [5.74, 6) is -2.66. The number of carbonyl (C=O) groups is 4. The predicted octanol–water partition coefficient (Wildman–Crippen LogP) is 4.04. The first-order valence-corrected chi connectivity index (χ1v) is 14.1. The summed E-state index contributed by atoms with van der Waals surface area (Å²) in [7, 11) is 0. The number of hydrogen-bond donors (Lipinski definition) is 4. The van der Waals surface area contributed by atoms with Gasteiger partial charge in [0.2, 0.25) is 11.8 Å². The molecule has 0 aromatic heterocycles. The molecule has 0 radical (unpaired) electrons. The topological polar surface area (TPSA) is 133 Å². The molecule has 0 saturated carbocycles. The maximum Gasteiger partial charge on any atom is 0.225 e. The standard InChI is InChI=1S/C31H48F2N2O6/c1-29(2,3)27(40)34-21(16-19-15-20(32)9-10-23(19)33)17-22(37)11-13-31(7,8)14-12-25(38)26(39)24(18-36)35-28(41)30(4,5)6/h9-10,15,21,24,26,36,39H,11-14,16-18H2,1-8H3,(H,34,40)(H,35,41)/t21?,24-,26+/m1/s1. The van der Waals surface area contributed by atoms with E-state index in [-0.39, 0.29) is 42.9 Å². The first-order valence-electron chi connectivity index (χ1n) is 14.1. The van der Waals surface area contributed by atoms with Gasteiger partial charge in [0.1, 0.15) is 23.5 Å². The number of carbonyl (C=O) groups excluding carboxylic acids is 4. The molecule has 0 aliphatic rings. The van der Waals surface area contributed by atoms with Gasteiger partial charge in [-0.1, -0.05) is 55.4 Å². The quantitative estimate of drug-likeness (QED) is 0.247. The van der Waals surface area contributed by atoms with Crippen molar-refractivity contribution in [1.82, 2.24) is 10.6 Å². The lowest BCUT2D eigenvalue weighted by Crippen LogP contribution is -2.52. The Kier molecular flexibility index (Phi) is 13.2. The summed E-state index contributed by atoms with van der Waals surface area (Å²) in [5.41, 5.74) is -1.90. The molecule has 0 heterocycles. The number of rotatable bonds is 15. The molecule has 41 heavy (non-hydrogen) atoms. The largest absolute Gasteiger partial charge is 0.394 e. The van der Waals surface area contributed by atoms with Crippen molar-refractivity contribution in [3.8, 4) is 0 Å². The monoisotopic (exact) mass is 582 g/mol. The van der Waals surface area contributed by atoms with Gasteiger partial charge in [-0.15, -0.1) is 0 Å². The number of nitrogens with one attached hydrogen (secondary N) is 2. The van der Waals surface area contributed by atoms with E-state index in [1.54, 1.807) is 41.5 Å². The number of halogens is 2. The predicted molar refractivity (Wildman–Crippen MR) is 153 cm³/mol. The molecule has 0 saturated heterocycles. The highest BCUT2D eigenvalue weighted by Gasteiger charge is 2.32. The van der Waals surface area contributed by atoms with Crippen molar-refractivity contribution in [1.29, 1.82) is 0 Å². The second-order valence-corrected chi connectivity index (χ2v) is 13.7. The van der Waals surface area contributed by atoms with E-state index in [9.17, 15) is 38.2 Å². The van der Waals surface area contributed by atoms with Gasteiger partial charge >= 0.3 is 0 Å². The molecule has 2 amide bonds. The zero-order chi connectivity index (χ0) is 31.8. The number of amides is 2. The van der Waals surface area contributed by atoms with Crippen LogP contribution in [0.25, 0.3) is 0 Å². The minimum absolute atomic E-state index is 0.0205. The van der Waals surface area contributed by atoms with Crippen LogP contribution in [0.1, 0.15) is 93.1 Å². The third-order valence-corrected chi connectivity index (χ3v) is 7.00. The first kappa shape index (κ1) is 36.3. The molecule has 0 spiro atoms. The summed E-state index contributed by atoms with van der Waals surface area (Å²) in [4.78, 5) is 50.4. The van der Waals surface area contributed by atoms with Crippen LogP contribution >= 0.6 is 0 Å². The average molecular weight is 583 g/mol. The summed E-state index contributed by atoms with van der Waals surface area (Å²) in [6.07, 6.45) is -0.819. The van der Waals surface area contributed by atoms with Gasteiger partial charge in [0.05, 0.1) is 12.6 Å². The molecule has 232 valence electrons. The van der Waals surface area contributed by atoms with Gasteiger partial charge in [-0.2, -0.15) is 0 Å². The molecule has 1 aromatic carbocycles. The molecule has 10 heteroatoms. The number of hydrogen-bond acceptors (Lipinski definition) is 6. The normalized spacial score (nSPS) is 14.6. The van der Waals surface area contributed by atoms with Crippen LogP contribution in [0.4, 0.5) is 8.78 Å². The SMILES string of the molecule is CC(C)(CCC(=O)CC(Cc1cc(F)ccc1F)NC(=O)C(C)(C)C)CCC(=O)[C@@H](O)[C@@H](CO)NC(=O)C(C)(C)C. The Balaban J connectivity index is 2.78. The number of aliphatic hydroxyl groups is 2. The molecule has 0 bridgehead atoms. The molecule has 3 atom stereocenters. The first-order chi connectivity index (χ1) is 18.7. The van der Waals surface area contributed by atoms with Gasteiger partial charge in [0, 0.05) is 36.1 Å². The number of Topliss-reactive ketones (excluding diaryl/α,β-unsaturated/α-hetero) is 2. The summed E-state index contributed by atoms with van der Waals surface area (Å²) in [6, 6.07) is 1.22. The molecule has 8 nitrogen and oxygen atoms in total. The Bertz CT molecular complexity index is 1080. The maximum atomic E-state index is 14.3. The lowest BCUT2D eigenvalue weighted by atomic mass is 9.80. The molecule has 1 unspecified atom stereocenters. The third kappa shape index (κ3) is 12.8. The van der Waals surface area contributed by atoms with Crippen molar-refractivity contribution >= 4 is 23.4 Å². The summed E-state index contributed by atoms with van der Waals surface area (Å²) in [5, 5.41) is 25.3. The van der Waals surface area contributed by atoms with Crippen LogP contribution in [0.2, 0.25) is 0 Å². The average Bonchev–Trinajstić information content (AvgIpc) is 2.85. The molecule has 0 fully saturated rings. The second kappa shape index (κ2) is 15.0. The van der Waals surface area contributed by atoms with Crippen molar-refractivity contribution in [2.45, 2.75) is 112 Å². The molecular formula is C31H48F2N2O6. The van der Waals surface area contributed by atoms with Crippen LogP contribution in [0.3, 0.4) is 0 Å². The van der Waals surface area contributed by atoms with E-state index >= 15 is 0 Å². The van der Waals surface area contributed by atoms with Gasteiger partial charge in [-0.05, 0) is 48.4 Å². The Morgan fingerprint density at radius 3 is 1.93 bits per heavy atom. The van der Waals surface area contributed by atoms with Crippen LogP contribution in [-0.2, 0) is 25.6 Å². The highest BCUT2D eigenvalue weighted by atomic mass is 19.1. The molecule has 1 rings (SSSR count). The van der Waals surface area contributed by atoms with E-state index in [4.69, 9.17) is 0 Å². The van der Waals surface area contributed by atoms with Gasteiger partial charge in [0.15, 0.2) is 5.78 Å². The van der Waals surface area contributed by atoms with Crippen molar-refractivity contribution in [3.63, 3.8) is 0 Å². The van der Waals surface area contributed by atoms with Crippen LogP contribution in [0.15, 0.2) is 18.2 Å². The number of benzene rings is 1. The minimum atomic E-state index is -1.57. The second-order valence-electron chi connectivity index (χ2n) is 13.7. The lowest BCUT2D eigenvalue weighted by Gasteiger charge is -2.28. The van der Waals surface area contributed by atoms with Crippen LogP contribution in [0, 0.1) is 27.9 Å². The fourth-order valence-electron chi connectivity index (χ4n) is 3.96. The highest BCUT2D eigenvalue weighted by Crippen LogP contribution is 2.29. The lowest BCUT2D eigenvalue weighted by molar-refractivity contribution is -0.134. The fourth-order valence-corrected chi connectivity index (χ4v) is 3.96. The van der Waals surface area contributed by atoms with Gasteiger partial charge < -0.3 is 20.8 Å². The van der Waals surface area contributed by atoms with Gasteiger partial charge in [0.25, 0.3) is 0 Å². The Labute approximate surface area is 242 Å². The molecule has 0 aliphatic heterocycles. The molecule has 4 N–H and O–H groups in total. The molecule has 0 aliphatic carbocycles. The molecular weight excluding hydrogens is 534 g/mol. The zero-order valence-electron chi connectivity index (χ0n) is 25.7. The van der Waals surface area contributed by atoms with Crippen molar-refractivity contribution in [2.24, 2.45) is 16.2 Å². The maximum absolute atomic E-state index is 14.3. The van der Waals surface area contributed by atoms with E-state index in [0.717, 1.165) is 18.2 Å². The number of ketones is 2. The highest BCUT2D eigenvalue weighted by molar-refractivity contribution is 5.86. The Morgan fingerprint density at radius 2 is 1.39 bits per heavy atom. The van der Waals surface area contributed by atoms with E-state index < -0.39 is 64.4 Å². The number of aliphatic hydroxyl groups excluding tert-OH is 2. The molecule has 1 aromatic rings. The smallest absolute Gasteiger partial charge is 0.225 e. The van der Waals surface area contributed by atoms with Crippen LogP contribution < -0.4 is 10.6 Å². The third-order valence-electron chi connectivity index (χ3n) is 7.00. The van der Waals surface area contributed by atoms with Crippen LogP contribution in [-0.4, -0.2) is 58.4 Å². The summed E-state index contributed by atoms with van der Waals surface area (Å²) < 4.78 is 28.0.